The molecule has 0 aromatic carbocycles. The summed E-state index contributed by atoms with van der Waals surface area (Å²) in [5, 5.41) is 2.26. The Bertz CT molecular complexity index is 961. The largest absolute Gasteiger partial charge is 0.472 e. The number of nitrogens with two attached hydrogens (primary N) is 1. The van der Waals surface area contributed by atoms with E-state index in [0.717, 1.165) is 6.07 Å². The molecule has 0 radical (unpaired) electrons. The first-order valence-electron chi connectivity index (χ1n) is 7.40. The number of primary amides is 1. The highest BCUT2D eigenvalue weighted by molar-refractivity contribution is 5.84. The summed E-state index contributed by atoms with van der Waals surface area (Å²) >= 11 is 0. The number of amides is 2. The van der Waals surface area contributed by atoms with Crippen LogP contribution in [0.4, 0.5) is 13.2 Å². The van der Waals surface area contributed by atoms with Crippen molar-refractivity contribution in [3.8, 4) is 11.1 Å². The fourth-order valence-electron chi connectivity index (χ4n) is 2.44. The molecule has 2 amide bonds. The van der Waals surface area contributed by atoms with E-state index in [2.05, 4.69) is 10.3 Å². The second-order valence-corrected chi connectivity index (χ2v) is 5.54. The van der Waals surface area contributed by atoms with Gasteiger partial charge in [-0.05, 0) is 12.1 Å². The van der Waals surface area contributed by atoms with Crippen LogP contribution in [-0.4, -0.2) is 27.7 Å². The number of pyridine rings is 1. The van der Waals surface area contributed by atoms with Crippen molar-refractivity contribution in [2.75, 3.05) is 6.54 Å². The Morgan fingerprint density at radius 3 is 2.65 bits per heavy atom. The lowest BCUT2D eigenvalue weighted by atomic mass is 10.1. The van der Waals surface area contributed by atoms with Crippen LogP contribution in [0.3, 0.4) is 0 Å². The summed E-state index contributed by atoms with van der Waals surface area (Å²) in [6.07, 6.45) is 0.571. The summed E-state index contributed by atoms with van der Waals surface area (Å²) in [5.74, 6) is -1.30. The number of hydrogen-bond acceptors (Lipinski definition) is 4. The van der Waals surface area contributed by atoms with Crippen molar-refractivity contribution in [3.05, 3.63) is 48.3 Å². The molecule has 26 heavy (non-hydrogen) atoms. The number of carbonyl (C=O) groups is 2. The average Bonchev–Trinajstić information content (AvgIpc) is 3.19. The molecular weight excluding hydrogens is 353 g/mol. The molecule has 0 aliphatic heterocycles. The van der Waals surface area contributed by atoms with Gasteiger partial charge in [0.1, 0.15) is 5.65 Å². The van der Waals surface area contributed by atoms with Crippen LogP contribution in [0.2, 0.25) is 0 Å². The quantitative estimate of drug-likeness (QED) is 0.718. The zero-order chi connectivity index (χ0) is 18.9. The molecule has 0 fully saturated rings. The molecule has 7 nitrogen and oxygen atoms in total. The second-order valence-electron chi connectivity index (χ2n) is 5.54. The predicted molar refractivity (Wildman–Crippen MR) is 83.8 cm³/mol. The van der Waals surface area contributed by atoms with Crippen LogP contribution in [0, 0.1) is 0 Å². The highest BCUT2D eigenvalue weighted by Gasteiger charge is 2.35. The van der Waals surface area contributed by atoms with Gasteiger partial charge in [-0.15, -0.1) is 0 Å². The third-order valence-electron chi connectivity index (χ3n) is 3.56. The van der Waals surface area contributed by atoms with Crippen molar-refractivity contribution in [1.82, 2.24) is 14.7 Å². The zero-order valence-electron chi connectivity index (χ0n) is 13.2. The smallest absolute Gasteiger partial charge is 0.420 e. The first-order valence-corrected chi connectivity index (χ1v) is 7.40. The Morgan fingerprint density at radius 2 is 2.04 bits per heavy atom. The van der Waals surface area contributed by atoms with Gasteiger partial charge in [0.2, 0.25) is 11.8 Å². The van der Waals surface area contributed by atoms with Gasteiger partial charge in [0.15, 0.2) is 0 Å². The molecule has 3 rings (SSSR count). The molecule has 0 saturated carbocycles. The Kier molecular flexibility index (Phi) is 4.41. The molecule has 0 bridgehead atoms. The van der Waals surface area contributed by atoms with Crippen LogP contribution < -0.4 is 11.1 Å². The molecule has 3 N–H and O–H groups in total. The maximum absolute atomic E-state index is 13.4. The molecule has 0 aliphatic carbocycles. The first kappa shape index (κ1) is 17.5. The maximum Gasteiger partial charge on any atom is 0.420 e. The number of fused-ring (bicyclic) bond motifs is 1. The number of furan rings is 1. The van der Waals surface area contributed by atoms with Crippen molar-refractivity contribution in [2.45, 2.75) is 12.6 Å². The predicted octanol–water partition coefficient (Wildman–Crippen LogP) is 1.76. The standard InChI is InChI=1S/C16H13F3N4O3/c17-16(18,19)12-3-10(9-1-2-26-8-9)6-23-7-11(22-15(12)23)4-14(25)21-5-13(20)24/h1-3,6-8H,4-5H2,(H2,20,24)(H,21,25). The molecule has 3 aromatic rings. The lowest BCUT2D eigenvalue weighted by molar-refractivity contribution is -0.136. The van der Waals surface area contributed by atoms with E-state index in [4.69, 9.17) is 10.2 Å². The van der Waals surface area contributed by atoms with Crippen LogP contribution in [0.15, 0.2) is 41.5 Å². The number of carbonyl (C=O) groups excluding carboxylic acids is 2. The van der Waals surface area contributed by atoms with Gasteiger partial charge in [-0.1, -0.05) is 0 Å². The lowest BCUT2D eigenvalue weighted by Gasteiger charge is -2.10. The molecule has 0 atom stereocenters. The van der Waals surface area contributed by atoms with Crippen molar-refractivity contribution < 1.29 is 27.2 Å². The van der Waals surface area contributed by atoms with E-state index in [1.165, 1.54) is 35.4 Å². The van der Waals surface area contributed by atoms with Crippen LogP contribution in [0.25, 0.3) is 16.8 Å². The molecule has 10 heteroatoms. The highest BCUT2D eigenvalue weighted by atomic mass is 19.4. The zero-order valence-corrected chi connectivity index (χ0v) is 13.2. The van der Waals surface area contributed by atoms with Gasteiger partial charge >= 0.3 is 6.18 Å². The van der Waals surface area contributed by atoms with E-state index in [0.29, 0.717) is 11.1 Å². The van der Waals surface area contributed by atoms with Gasteiger partial charge in [-0.25, -0.2) is 4.98 Å². The van der Waals surface area contributed by atoms with Gasteiger partial charge in [-0.3, -0.25) is 9.59 Å². The van der Waals surface area contributed by atoms with Crippen LogP contribution >= 0.6 is 0 Å². The topological polar surface area (TPSA) is 103 Å². The number of nitrogens with zero attached hydrogens (tertiary/aromatic N) is 2. The van der Waals surface area contributed by atoms with Gasteiger partial charge in [0, 0.05) is 23.5 Å². The Morgan fingerprint density at radius 1 is 1.27 bits per heavy atom. The van der Waals surface area contributed by atoms with E-state index in [1.807, 2.05) is 0 Å². The number of imidazole rings is 1. The molecule has 0 spiro atoms. The van der Waals surface area contributed by atoms with Crippen LogP contribution in [-0.2, 0) is 22.2 Å². The number of nitrogens with one attached hydrogen (secondary N) is 1. The lowest BCUT2D eigenvalue weighted by Crippen LogP contribution is -2.34. The molecule has 0 unspecified atom stereocenters. The second kappa shape index (κ2) is 6.54. The number of rotatable bonds is 5. The van der Waals surface area contributed by atoms with Crippen molar-refractivity contribution in [2.24, 2.45) is 5.73 Å². The van der Waals surface area contributed by atoms with Crippen molar-refractivity contribution >= 4 is 17.5 Å². The minimum atomic E-state index is -4.63. The summed E-state index contributed by atoms with van der Waals surface area (Å²) in [6, 6.07) is 2.51. The summed E-state index contributed by atoms with van der Waals surface area (Å²) in [6.45, 7) is -0.357. The van der Waals surface area contributed by atoms with E-state index in [-0.39, 0.29) is 24.3 Å². The highest BCUT2D eigenvalue weighted by Crippen LogP contribution is 2.35. The SMILES string of the molecule is NC(=O)CNC(=O)Cc1cn2cc(-c3ccoc3)cc(C(F)(F)F)c2n1. The first-order chi connectivity index (χ1) is 12.2. The Hall–Kier alpha value is -3.30. The third-order valence-corrected chi connectivity index (χ3v) is 3.56. The molecule has 3 heterocycles. The average molecular weight is 366 g/mol. The maximum atomic E-state index is 13.4. The molecule has 0 saturated heterocycles. The van der Waals surface area contributed by atoms with E-state index >= 15 is 0 Å². The Balaban J connectivity index is 1.99. The summed E-state index contributed by atoms with van der Waals surface area (Å²) in [5.41, 5.74) is 4.57. The summed E-state index contributed by atoms with van der Waals surface area (Å²) in [4.78, 5) is 26.3. The number of hydrogen-bond donors (Lipinski definition) is 2. The van der Waals surface area contributed by atoms with Crippen LogP contribution in [0.1, 0.15) is 11.3 Å². The minimum Gasteiger partial charge on any atom is -0.472 e. The Labute approximate surface area is 144 Å². The van der Waals surface area contributed by atoms with Gasteiger partial charge in [-0.2, -0.15) is 13.2 Å². The third kappa shape index (κ3) is 3.68. The number of halogens is 3. The number of alkyl halides is 3. The molecule has 0 aliphatic rings. The molecule has 136 valence electrons. The van der Waals surface area contributed by atoms with Gasteiger partial charge < -0.3 is 19.9 Å². The van der Waals surface area contributed by atoms with Crippen molar-refractivity contribution in [3.63, 3.8) is 0 Å². The monoisotopic (exact) mass is 366 g/mol. The van der Waals surface area contributed by atoms with Gasteiger partial charge in [0.25, 0.3) is 0 Å². The van der Waals surface area contributed by atoms with Crippen molar-refractivity contribution in [1.29, 1.82) is 0 Å². The fraction of sp³-hybridized carbons (Fsp3) is 0.188. The van der Waals surface area contributed by atoms with Crippen LogP contribution in [0.5, 0.6) is 0 Å². The minimum absolute atomic E-state index is 0.127. The number of aromatic nitrogens is 2. The molecular formula is C16H13F3N4O3. The van der Waals surface area contributed by atoms with E-state index < -0.39 is 23.6 Å². The molecule has 3 aromatic heterocycles. The van der Waals surface area contributed by atoms with E-state index in [1.54, 1.807) is 0 Å². The fourth-order valence-corrected chi connectivity index (χ4v) is 2.44. The van der Waals surface area contributed by atoms with Gasteiger partial charge in [0.05, 0.1) is 36.7 Å². The normalized spacial score (nSPS) is 11.7. The summed E-state index contributed by atoms with van der Waals surface area (Å²) in [7, 11) is 0. The summed E-state index contributed by atoms with van der Waals surface area (Å²) < 4.78 is 46.4. The van der Waals surface area contributed by atoms with E-state index in [9.17, 15) is 22.8 Å².